The molecule has 9 heteroatoms. The summed E-state index contributed by atoms with van der Waals surface area (Å²) in [6, 6.07) is 20.8. The van der Waals surface area contributed by atoms with Gasteiger partial charge in [-0.15, -0.1) is 0 Å². The number of rotatable bonds is 10. The molecule has 0 spiro atoms. The maximum absolute atomic E-state index is 9.87. The average Bonchev–Trinajstić information content (AvgIpc) is 2.91. The zero-order chi connectivity index (χ0) is 27.1. The monoisotopic (exact) mass is 546 g/mol. The minimum Gasteiger partial charge on any atom is -0.494 e. The third kappa shape index (κ3) is 6.46. The van der Waals surface area contributed by atoms with E-state index in [-0.39, 0.29) is 0 Å². The number of nitrogens with one attached hydrogen (secondary N) is 2. The molecule has 0 radical (unpaired) electrons. The van der Waals surface area contributed by atoms with Gasteiger partial charge in [0.05, 0.1) is 18.6 Å². The lowest BCUT2D eigenvalue weighted by molar-refractivity contribution is 0.309. The lowest BCUT2D eigenvalue weighted by Gasteiger charge is -2.17. The number of ether oxygens (including phenoxy) is 1. The molecule has 0 saturated carbocycles. The van der Waals surface area contributed by atoms with Crippen LogP contribution in [0.1, 0.15) is 42.4 Å². The summed E-state index contributed by atoms with van der Waals surface area (Å²) in [6.07, 6.45) is 3.53. The van der Waals surface area contributed by atoms with E-state index in [1.807, 2.05) is 49.4 Å². The Bertz CT molecular complexity index is 1440. The van der Waals surface area contributed by atoms with Crippen LogP contribution < -0.4 is 21.1 Å². The first kappa shape index (κ1) is 27.1. The fraction of sp³-hybridized carbons (Fsp3) is 0.207. The van der Waals surface area contributed by atoms with Gasteiger partial charge in [-0.1, -0.05) is 54.7 Å². The molecule has 1 atom stereocenters. The molecule has 0 saturated heterocycles. The molecule has 0 fully saturated rings. The number of nitrogens with two attached hydrogens (primary N) is 1. The molecular weight excluding hydrogens is 519 g/mol. The van der Waals surface area contributed by atoms with Crippen molar-refractivity contribution in [1.82, 2.24) is 9.97 Å². The fourth-order valence-corrected chi connectivity index (χ4v) is 4.27. The highest BCUT2D eigenvalue weighted by atomic mass is 35.5. The normalized spacial score (nSPS) is 11.4. The first-order chi connectivity index (χ1) is 18.4. The molecule has 0 aliphatic carbocycles. The highest BCUT2D eigenvalue weighted by Gasteiger charge is 2.19. The van der Waals surface area contributed by atoms with E-state index in [2.05, 4.69) is 33.6 Å². The van der Waals surface area contributed by atoms with Crippen molar-refractivity contribution in [3.05, 3.63) is 93.7 Å². The van der Waals surface area contributed by atoms with Crippen molar-refractivity contribution in [3.63, 3.8) is 0 Å². The van der Waals surface area contributed by atoms with Gasteiger partial charge < -0.3 is 21.1 Å². The van der Waals surface area contributed by atoms with Crippen LogP contribution in [-0.4, -0.2) is 16.6 Å². The van der Waals surface area contributed by atoms with Gasteiger partial charge in [-0.25, -0.2) is 9.97 Å². The fourth-order valence-electron chi connectivity index (χ4n) is 3.87. The molecule has 4 N–H and O–H groups in total. The van der Waals surface area contributed by atoms with E-state index in [9.17, 15) is 5.26 Å². The number of nitriles is 1. The number of hydrogen-bond acceptors (Lipinski definition) is 7. The standard InChI is InChI=1S/C29H28Cl2N6O/c1-3-4-13-38-22-11-9-21(10-12-22)36-28-27(33)29(35-17-34-28)37-26-15-25(31)23(14-18(26)2)24(16-32)19-5-7-20(30)8-6-19/h5-12,14-15,17,24H,3-4,13,33H2,1-2H3,(H2,34,35,36,37). The van der Waals surface area contributed by atoms with Gasteiger partial charge in [-0.2, -0.15) is 5.26 Å². The Morgan fingerprint density at radius 3 is 2.34 bits per heavy atom. The van der Waals surface area contributed by atoms with Gasteiger partial charge in [0.15, 0.2) is 11.6 Å². The zero-order valence-corrected chi connectivity index (χ0v) is 22.6. The summed E-state index contributed by atoms with van der Waals surface area (Å²) >= 11 is 12.7. The molecule has 4 aromatic rings. The van der Waals surface area contributed by atoms with Crippen LogP contribution in [0.15, 0.2) is 67.0 Å². The van der Waals surface area contributed by atoms with Crippen molar-refractivity contribution in [2.24, 2.45) is 0 Å². The molecule has 3 aromatic carbocycles. The zero-order valence-electron chi connectivity index (χ0n) is 21.1. The Hall–Kier alpha value is -3.99. The third-order valence-electron chi connectivity index (χ3n) is 6.01. The Labute approximate surface area is 232 Å². The summed E-state index contributed by atoms with van der Waals surface area (Å²) in [4.78, 5) is 8.61. The van der Waals surface area contributed by atoms with Crippen LogP contribution in [0, 0.1) is 18.3 Å². The maximum Gasteiger partial charge on any atom is 0.159 e. The van der Waals surface area contributed by atoms with E-state index >= 15 is 0 Å². The minimum atomic E-state index is -0.532. The number of aromatic nitrogens is 2. The predicted octanol–water partition coefficient (Wildman–Crippen LogP) is 8.00. The largest absolute Gasteiger partial charge is 0.494 e. The van der Waals surface area contributed by atoms with Crippen molar-refractivity contribution in [2.45, 2.75) is 32.6 Å². The molecule has 194 valence electrons. The van der Waals surface area contributed by atoms with Crippen LogP contribution >= 0.6 is 23.2 Å². The summed E-state index contributed by atoms with van der Waals surface area (Å²) in [5.74, 6) is 1.18. The number of nitrogens with zero attached hydrogens (tertiary/aromatic N) is 3. The van der Waals surface area contributed by atoms with Crippen LogP contribution in [0.3, 0.4) is 0 Å². The second-order valence-corrected chi connectivity index (χ2v) is 9.61. The summed E-state index contributed by atoms with van der Waals surface area (Å²) in [6.45, 7) is 4.75. The number of aryl methyl sites for hydroxylation is 1. The Kier molecular flexibility index (Phi) is 8.90. The second-order valence-electron chi connectivity index (χ2n) is 8.76. The minimum absolute atomic E-state index is 0.353. The van der Waals surface area contributed by atoms with Gasteiger partial charge in [0, 0.05) is 21.4 Å². The van der Waals surface area contributed by atoms with Gasteiger partial charge in [-0.3, -0.25) is 0 Å². The van der Waals surface area contributed by atoms with Crippen LogP contribution in [0.25, 0.3) is 0 Å². The van der Waals surface area contributed by atoms with Crippen molar-refractivity contribution >= 4 is 51.9 Å². The van der Waals surface area contributed by atoms with Crippen LogP contribution in [-0.2, 0) is 0 Å². The van der Waals surface area contributed by atoms with Crippen molar-refractivity contribution < 1.29 is 4.74 Å². The molecule has 7 nitrogen and oxygen atoms in total. The Morgan fingerprint density at radius 2 is 1.68 bits per heavy atom. The summed E-state index contributed by atoms with van der Waals surface area (Å²) in [5.41, 5.74) is 10.7. The topological polar surface area (TPSA) is 109 Å². The number of anilines is 5. The van der Waals surface area contributed by atoms with Gasteiger partial charge >= 0.3 is 0 Å². The smallest absolute Gasteiger partial charge is 0.159 e. The summed E-state index contributed by atoms with van der Waals surface area (Å²) in [5, 5.41) is 17.4. The van der Waals surface area contributed by atoms with Gasteiger partial charge in [0.25, 0.3) is 0 Å². The van der Waals surface area contributed by atoms with E-state index in [1.54, 1.807) is 18.2 Å². The lowest BCUT2D eigenvalue weighted by Crippen LogP contribution is -2.07. The SMILES string of the molecule is CCCCOc1ccc(Nc2ncnc(Nc3cc(Cl)c(C(C#N)c4ccc(Cl)cc4)cc3C)c2N)cc1. The Morgan fingerprint density at radius 1 is 1.00 bits per heavy atom. The first-order valence-corrected chi connectivity index (χ1v) is 13.0. The molecule has 1 aromatic heterocycles. The van der Waals surface area contributed by atoms with E-state index in [0.29, 0.717) is 39.5 Å². The molecule has 38 heavy (non-hydrogen) atoms. The second kappa shape index (κ2) is 12.5. The lowest BCUT2D eigenvalue weighted by atomic mass is 9.91. The quantitative estimate of drug-likeness (QED) is 0.173. The van der Waals surface area contributed by atoms with Gasteiger partial charge in [-0.05, 0) is 72.5 Å². The third-order valence-corrected chi connectivity index (χ3v) is 6.59. The highest BCUT2D eigenvalue weighted by molar-refractivity contribution is 6.32. The number of halogens is 2. The molecular formula is C29H28Cl2N6O. The van der Waals surface area contributed by atoms with E-state index in [0.717, 1.165) is 41.1 Å². The molecule has 1 unspecified atom stereocenters. The number of benzene rings is 3. The average molecular weight is 547 g/mol. The summed E-state index contributed by atoms with van der Waals surface area (Å²) in [7, 11) is 0. The number of hydrogen-bond donors (Lipinski definition) is 3. The van der Waals surface area contributed by atoms with Crippen LogP contribution in [0.5, 0.6) is 5.75 Å². The van der Waals surface area contributed by atoms with Crippen LogP contribution in [0.4, 0.5) is 28.7 Å². The molecule has 0 aliphatic heterocycles. The number of nitrogen functional groups attached to an aromatic ring is 1. The van der Waals surface area contributed by atoms with E-state index in [1.165, 1.54) is 6.33 Å². The van der Waals surface area contributed by atoms with Crippen molar-refractivity contribution in [3.8, 4) is 11.8 Å². The highest BCUT2D eigenvalue weighted by Crippen LogP contribution is 2.36. The number of unbranched alkanes of at least 4 members (excludes halogenated alkanes) is 1. The summed E-state index contributed by atoms with van der Waals surface area (Å²) < 4.78 is 5.72. The van der Waals surface area contributed by atoms with Crippen LogP contribution in [0.2, 0.25) is 10.0 Å². The van der Waals surface area contributed by atoms with Crippen molar-refractivity contribution in [2.75, 3.05) is 23.0 Å². The van der Waals surface area contributed by atoms with Gasteiger partial charge in [0.2, 0.25) is 0 Å². The van der Waals surface area contributed by atoms with Crippen molar-refractivity contribution in [1.29, 1.82) is 5.26 Å². The molecule has 4 rings (SSSR count). The van der Waals surface area contributed by atoms with E-state index < -0.39 is 5.92 Å². The first-order valence-electron chi connectivity index (χ1n) is 12.2. The van der Waals surface area contributed by atoms with E-state index in [4.69, 9.17) is 33.7 Å². The maximum atomic E-state index is 9.87. The Balaban J connectivity index is 1.52. The molecule has 1 heterocycles. The molecule has 0 bridgehead atoms. The molecule has 0 amide bonds. The molecule has 0 aliphatic rings. The van der Waals surface area contributed by atoms with Gasteiger partial charge in [0.1, 0.15) is 17.8 Å². The predicted molar refractivity (Wildman–Crippen MR) is 155 cm³/mol.